The van der Waals surface area contributed by atoms with Gasteiger partial charge in [0.2, 0.25) is 5.89 Å². The first kappa shape index (κ1) is 14.4. The fourth-order valence-electron chi connectivity index (χ4n) is 3.25. The van der Waals surface area contributed by atoms with Crippen LogP contribution in [0.25, 0.3) is 0 Å². The van der Waals surface area contributed by atoms with E-state index in [1.807, 2.05) is 11.8 Å². The van der Waals surface area contributed by atoms with Gasteiger partial charge in [-0.2, -0.15) is 16.7 Å². The Morgan fingerprint density at radius 2 is 2.10 bits per heavy atom. The Morgan fingerprint density at radius 1 is 1.25 bits per heavy atom. The Balaban J connectivity index is 1.65. The fourth-order valence-corrected chi connectivity index (χ4v) is 4.62. The molecule has 2 aliphatic rings. The van der Waals surface area contributed by atoms with Crippen molar-refractivity contribution < 1.29 is 4.52 Å². The van der Waals surface area contributed by atoms with Crippen LogP contribution in [0.4, 0.5) is 0 Å². The molecule has 0 aromatic carbocycles. The second kappa shape index (κ2) is 6.94. The van der Waals surface area contributed by atoms with Gasteiger partial charge in [-0.3, -0.25) is 0 Å². The van der Waals surface area contributed by atoms with Crippen LogP contribution in [0.2, 0.25) is 0 Å². The van der Waals surface area contributed by atoms with Crippen molar-refractivity contribution in [1.29, 1.82) is 0 Å². The zero-order chi connectivity index (χ0) is 13.8. The molecule has 112 valence electrons. The number of hydrogen-bond donors (Lipinski definition) is 1. The van der Waals surface area contributed by atoms with Crippen LogP contribution in [0.1, 0.15) is 69.0 Å². The quantitative estimate of drug-likeness (QED) is 0.903. The summed E-state index contributed by atoms with van der Waals surface area (Å²) in [5.41, 5.74) is 0. The molecule has 2 unspecified atom stereocenters. The molecular weight excluding hydrogens is 270 g/mol. The normalized spacial score (nSPS) is 28.1. The molecule has 0 spiro atoms. The highest BCUT2D eigenvalue weighted by atomic mass is 32.2. The molecule has 0 amide bonds. The van der Waals surface area contributed by atoms with Crippen molar-refractivity contribution in [3.63, 3.8) is 0 Å². The SMILES string of the molecule is CCCNC1CSCC1c1nc(C2CCCCC2)no1. The van der Waals surface area contributed by atoms with E-state index in [2.05, 4.69) is 17.4 Å². The molecule has 0 bridgehead atoms. The molecule has 3 rings (SSSR count). The molecule has 2 atom stereocenters. The molecule has 0 radical (unpaired) electrons. The molecule has 1 aliphatic heterocycles. The third kappa shape index (κ3) is 3.19. The van der Waals surface area contributed by atoms with Crippen LogP contribution in [-0.2, 0) is 0 Å². The van der Waals surface area contributed by atoms with Gasteiger partial charge in [-0.25, -0.2) is 0 Å². The van der Waals surface area contributed by atoms with E-state index >= 15 is 0 Å². The minimum atomic E-state index is 0.399. The standard InChI is InChI=1S/C15H25N3OS/c1-2-8-16-13-10-20-9-12(13)15-17-14(18-19-15)11-6-4-3-5-7-11/h11-13,16H,2-10H2,1H3. The Hall–Kier alpha value is -0.550. The first-order chi connectivity index (χ1) is 9.88. The van der Waals surface area contributed by atoms with Crippen LogP contribution in [0, 0.1) is 0 Å². The van der Waals surface area contributed by atoms with E-state index in [-0.39, 0.29) is 0 Å². The molecule has 1 saturated heterocycles. The first-order valence-corrected chi connectivity index (χ1v) is 9.18. The number of nitrogens with one attached hydrogen (secondary N) is 1. The van der Waals surface area contributed by atoms with E-state index in [0.717, 1.165) is 29.8 Å². The second-order valence-electron chi connectivity index (χ2n) is 6.03. The summed E-state index contributed by atoms with van der Waals surface area (Å²) in [6.07, 6.45) is 7.63. The lowest BCUT2D eigenvalue weighted by molar-refractivity contribution is 0.330. The van der Waals surface area contributed by atoms with Crippen LogP contribution in [-0.4, -0.2) is 34.2 Å². The van der Waals surface area contributed by atoms with Gasteiger partial charge >= 0.3 is 0 Å². The largest absolute Gasteiger partial charge is 0.339 e. The summed E-state index contributed by atoms with van der Waals surface area (Å²) >= 11 is 1.99. The zero-order valence-electron chi connectivity index (χ0n) is 12.3. The van der Waals surface area contributed by atoms with Crippen molar-refractivity contribution in [2.75, 3.05) is 18.1 Å². The summed E-state index contributed by atoms with van der Waals surface area (Å²) in [4.78, 5) is 4.74. The summed E-state index contributed by atoms with van der Waals surface area (Å²) in [7, 11) is 0. The predicted octanol–water partition coefficient (Wildman–Crippen LogP) is 3.32. The smallest absolute Gasteiger partial charge is 0.232 e. The minimum Gasteiger partial charge on any atom is -0.339 e. The topological polar surface area (TPSA) is 51.0 Å². The van der Waals surface area contributed by atoms with E-state index < -0.39 is 0 Å². The van der Waals surface area contributed by atoms with Gasteiger partial charge in [-0.1, -0.05) is 31.3 Å². The molecule has 1 aromatic heterocycles. The summed E-state index contributed by atoms with van der Waals surface area (Å²) < 4.78 is 5.60. The molecule has 1 aromatic rings. The van der Waals surface area contributed by atoms with Gasteiger partial charge in [0, 0.05) is 23.5 Å². The highest BCUT2D eigenvalue weighted by Gasteiger charge is 2.33. The molecule has 4 nitrogen and oxygen atoms in total. The van der Waals surface area contributed by atoms with Crippen LogP contribution in [0.5, 0.6) is 0 Å². The van der Waals surface area contributed by atoms with Gasteiger partial charge in [-0.15, -0.1) is 0 Å². The van der Waals surface area contributed by atoms with Crippen molar-refractivity contribution in [2.24, 2.45) is 0 Å². The molecule has 1 N–H and O–H groups in total. The maximum absolute atomic E-state index is 5.60. The van der Waals surface area contributed by atoms with Crippen LogP contribution >= 0.6 is 11.8 Å². The molecule has 2 fully saturated rings. The van der Waals surface area contributed by atoms with Gasteiger partial charge in [0.25, 0.3) is 0 Å². The van der Waals surface area contributed by atoms with E-state index in [4.69, 9.17) is 9.51 Å². The lowest BCUT2D eigenvalue weighted by Crippen LogP contribution is -2.34. The molecule has 5 heteroatoms. The Labute approximate surface area is 125 Å². The van der Waals surface area contributed by atoms with E-state index in [1.165, 1.54) is 38.5 Å². The zero-order valence-corrected chi connectivity index (χ0v) is 13.1. The summed E-state index contributed by atoms with van der Waals surface area (Å²) in [6, 6.07) is 0.500. The fraction of sp³-hybridized carbons (Fsp3) is 0.867. The highest BCUT2D eigenvalue weighted by Crippen LogP contribution is 2.35. The van der Waals surface area contributed by atoms with Gasteiger partial charge in [-0.05, 0) is 25.8 Å². The maximum Gasteiger partial charge on any atom is 0.232 e. The third-order valence-corrected chi connectivity index (χ3v) is 5.67. The monoisotopic (exact) mass is 295 g/mol. The molecule has 20 heavy (non-hydrogen) atoms. The average molecular weight is 295 g/mol. The first-order valence-electron chi connectivity index (χ1n) is 8.03. The van der Waals surface area contributed by atoms with Crippen molar-refractivity contribution >= 4 is 11.8 Å². The molecular formula is C15H25N3OS. The number of nitrogens with zero attached hydrogens (tertiary/aromatic N) is 2. The summed E-state index contributed by atoms with van der Waals surface area (Å²) in [6.45, 7) is 3.28. The Morgan fingerprint density at radius 3 is 2.90 bits per heavy atom. The third-order valence-electron chi connectivity index (χ3n) is 4.48. The Bertz CT molecular complexity index is 417. The maximum atomic E-state index is 5.60. The van der Waals surface area contributed by atoms with Crippen molar-refractivity contribution in [3.05, 3.63) is 11.7 Å². The molecule has 2 heterocycles. The molecule has 1 aliphatic carbocycles. The molecule has 1 saturated carbocycles. The van der Waals surface area contributed by atoms with E-state index in [1.54, 1.807) is 0 Å². The van der Waals surface area contributed by atoms with Gasteiger partial charge < -0.3 is 9.84 Å². The van der Waals surface area contributed by atoms with Gasteiger partial charge in [0.05, 0.1) is 5.92 Å². The number of hydrogen-bond acceptors (Lipinski definition) is 5. The summed E-state index contributed by atoms with van der Waals surface area (Å²) in [5, 5.41) is 7.90. The second-order valence-corrected chi connectivity index (χ2v) is 7.11. The van der Waals surface area contributed by atoms with Crippen molar-refractivity contribution in [2.45, 2.75) is 63.3 Å². The van der Waals surface area contributed by atoms with Crippen LogP contribution in [0.3, 0.4) is 0 Å². The minimum absolute atomic E-state index is 0.399. The van der Waals surface area contributed by atoms with E-state index in [0.29, 0.717) is 17.9 Å². The Kier molecular flexibility index (Phi) is 4.99. The summed E-state index contributed by atoms with van der Waals surface area (Å²) in [5.74, 6) is 5.03. The van der Waals surface area contributed by atoms with Crippen LogP contribution < -0.4 is 5.32 Å². The van der Waals surface area contributed by atoms with Crippen molar-refractivity contribution in [1.82, 2.24) is 15.5 Å². The van der Waals surface area contributed by atoms with Gasteiger partial charge in [0.1, 0.15) is 0 Å². The predicted molar refractivity (Wildman–Crippen MR) is 82.3 cm³/mol. The van der Waals surface area contributed by atoms with Crippen molar-refractivity contribution in [3.8, 4) is 0 Å². The van der Waals surface area contributed by atoms with Crippen LogP contribution in [0.15, 0.2) is 4.52 Å². The lowest BCUT2D eigenvalue weighted by Gasteiger charge is -2.18. The van der Waals surface area contributed by atoms with E-state index in [9.17, 15) is 0 Å². The highest BCUT2D eigenvalue weighted by molar-refractivity contribution is 7.99. The number of thioether (sulfide) groups is 1. The number of aromatic nitrogens is 2. The lowest BCUT2D eigenvalue weighted by atomic mass is 9.89. The average Bonchev–Trinajstić information content (AvgIpc) is 3.14. The number of rotatable bonds is 5. The van der Waals surface area contributed by atoms with Gasteiger partial charge in [0.15, 0.2) is 5.82 Å².